The first-order valence-electron chi connectivity index (χ1n) is 5.24. The smallest absolute Gasteiger partial charge is 0.126 e. The normalized spacial score (nSPS) is 10.2. The van der Waals surface area contributed by atoms with Crippen molar-refractivity contribution in [1.29, 1.82) is 0 Å². The minimum absolute atomic E-state index is 0.231. The average Bonchev–Trinajstić information content (AvgIpc) is 2.31. The van der Waals surface area contributed by atoms with Crippen LogP contribution in [0.25, 0.3) is 0 Å². The van der Waals surface area contributed by atoms with Crippen LogP contribution < -0.4 is 10.5 Å². The second kappa shape index (κ2) is 4.82. The number of aryl methyl sites for hydroxylation is 1. The zero-order chi connectivity index (χ0) is 12.3. The summed E-state index contributed by atoms with van der Waals surface area (Å²) in [6.07, 6.45) is 1.63. The maximum atomic E-state index is 13.0. The van der Waals surface area contributed by atoms with Crippen LogP contribution in [-0.2, 0) is 6.61 Å². The van der Waals surface area contributed by atoms with Gasteiger partial charge in [0, 0.05) is 6.20 Å². The molecule has 2 rings (SSSR count). The van der Waals surface area contributed by atoms with E-state index in [9.17, 15) is 4.39 Å². The molecule has 1 aromatic carbocycles. The Morgan fingerprint density at radius 2 is 2.12 bits per heavy atom. The first kappa shape index (κ1) is 11.4. The number of rotatable bonds is 3. The quantitative estimate of drug-likeness (QED) is 0.885. The number of anilines is 1. The summed E-state index contributed by atoms with van der Waals surface area (Å²) in [5, 5.41) is 0. The molecule has 0 fully saturated rings. The fourth-order valence-electron chi connectivity index (χ4n) is 1.46. The molecule has 1 heterocycles. The van der Waals surface area contributed by atoms with E-state index in [1.165, 1.54) is 6.07 Å². The molecular formula is C13H13FN2O. The van der Waals surface area contributed by atoms with Crippen LogP contribution in [-0.4, -0.2) is 4.98 Å². The van der Waals surface area contributed by atoms with Crippen molar-refractivity contribution in [2.75, 3.05) is 5.73 Å². The molecule has 0 saturated carbocycles. The number of nitrogens with zero attached hydrogens (tertiary/aromatic N) is 1. The second-order valence-electron chi connectivity index (χ2n) is 3.79. The fraction of sp³-hybridized carbons (Fsp3) is 0.154. The van der Waals surface area contributed by atoms with Gasteiger partial charge in [-0.3, -0.25) is 0 Å². The summed E-state index contributed by atoms with van der Waals surface area (Å²) in [6.45, 7) is 2.09. The molecule has 2 aromatic rings. The van der Waals surface area contributed by atoms with Gasteiger partial charge in [-0.2, -0.15) is 0 Å². The van der Waals surface area contributed by atoms with E-state index in [4.69, 9.17) is 10.5 Å². The van der Waals surface area contributed by atoms with Crippen molar-refractivity contribution in [1.82, 2.24) is 4.98 Å². The van der Waals surface area contributed by atoms with Gasteiger partial charge in [-0.15, -0.1) is 0 Å². The van der Waals surface area contributed by atoms with Crippen LogP contribution in [0.15, 0.2) is 36.5 Å². The Bertz CT molecular complexity index is 529. The standard InChI is InChI=1S/C13H13FN2O/c1-9-6-11(2-3-12(9)14)17-8-10-4-5-16-13(15)7-10/h2-7H,8H2,1H3,(H2,15,16). The maximum Gasteiger partial charge on any atom is 0.126 e. The number of hydrogen-bond acceptors (Lipinski definition) is 3. The summed E-state index contributed by atoms with van der Waals surface area (Å²) in [5.74, 6) is 0.867. The Kier molecular flexibility index (Phi) is 3.23. The van der Waals surface area contributed by atoms with Gasteiger partial charge in [0.25, 0.3) is 0 Å². The minimum Gasteiger partial charge on any atom is -0.489 e. The average molecular weight is 232 g/mol. The summed E-state index contributed by atoms with van der Waals surface area (Å²) >= 11 is 0. The van der Waals surface area contributed by atoms with E-state index in [1.807, 2.05) is 6.07 Å². The molecule has 2 N–H and O–H groups in total. The summed E-state index contributed by atoms with van der Waals surface area (Å²) in [5.41, 5.74) is 7.05. The third-order valence-corrected chi connectivity index (χ3v) is 2.38. The van der Waals surface area contributed by atoms with Crippen molar-refractivity contribution in [3.8, 4) is 5.75 Å². The summed E-state index contributed by atoms with van der Waals surface area (Å²) in [6, 6.07) is 8.24. The molecule has 0 atom stereocenters. The molecule has 0 saturated heterocycles. The van der Waals surface area contributed by atoms with Gasteiger partial charge < -0.3 is 10.5 Å². The number of nitrogens with two attached hydrogens (primary N) is 1. The molecule has 4 heteroatoms. The van der Waals surface area contributed by atoms with Crippen LogP contribution in [0.3, 0.4) is 0 Å². The van der Waals surface area contributed by atoms with Crippen molar-refractivity contribution < 1.29 is 9.13 Å². The van der Waals surface area contributed by atoms with Gasteiger partial charge >= 0.3 is 0 Å². The Morgan fingerprint density at radius 3 is 2.82 bits per heavy atom. The summed E-state index contributed by atoms with van der Waals surface area (Å²) in [7, 11) is 0. The lowest BCUT2D eigenvalue weighted by Gasteiger charge is -2.07. The third kappa shape index (κ3) is 2.93. The first-order chi connectivity index (χ1) is 8.15. The molecule has 0 spiro atoms. The number of halogens is 1. The Hall–Kier alpha value is -2.10. The van der Waals surface area contributed by atoms with E-state index >= 15 is 0 Å². The highest BCUT2D eigenvalue weighted by Crippen LogP contribution is 2.17. The molecule has 0 unspecified atom stereocenters. The molecule has 88 valence electrons. The van der Waals surface area contributed by atoms with Crippen LogP contribution >= 0.6 is 0 Å². The molecule has 0 amide bonds. The van der Waals surface area contributed by atoms with Gasteiger partial charge in [-0.05, 0) is 48.4 Å². The van der Waals surface area contributed by atoms with E-state index in [2.05, 4.69) is 4.98 Å². The Labute approximate surface area is 99.1 Å². The molecule has 0 radical (unpaired) electrons. The fourth-order valence-corrected chi connectivity index (χ4v) is 1.46. The maximum absolute atomic E-state index is 13.0. The number of benzene rings is 1. The van der Waals surface area contributed by atoms with E-state index in [0.717, 1.165) is 5.56 Å². The van der Waals surface area contributed by atoms with Gasteiger partial charge in [0.2, 0.25) is 0 Å². The minimum atomic E-state index is -0.231. The van der Waals surface area contributed by atoms with Gasteiger partial charge in [-0.25, -0.2) is 9.37 Å². The van der Waals surface area contributed by atoms with Crippen LogP contribution in [0, 0.1) is 12.7 Å². The second-order valence-corrected chi connectivity index (χ2v) is 3.79. The number of hydrogen-bond donors (Lipinski definition) is 1. The molecule has 1 aromatic heterocycles. The number of pyridine rings is 1. The van der Waals surface area contributed by atoms with Gasteiger partial charge in [0.1, 0.15) is 24.0 Å². The highest BCUT2D eigenvalue weighted by Gasteiger charge is 2.01. The van der Waals surface area contributed by atoms with E-state index in [-0.39, 0.29) is 5.82 Å². The van der Waals surface area contributed by atoms with Crippen molar-refractivity contribution >= 4 is 5.82 Å². The number of nitrogen functional groups attached to an aromatic ring is 1. The van der Waals surface area contributed by atoms with E-state index < -0.39 is 0 Å². The first-order valence-corrected chi connectivity index (χ1v) is 5.24. The lowest BCUT2D eigenvalue weighted by molar-refractivity contribution is 0.305. The summed E-state index contributed by atoms with van der Waals surface area (Å²) in [4.78, 5) is 3.89. The van der Waals surface area contributed by atoms with Crippen LogP contribution in [0.2, 0.25) is 0 Å². The molecule has 0 aliphatic carbocycles. The predicted molar refractivity (Wildman–Crippen MR) is 64.1 cm³/mol. The van der Waals surface area contributed by atoms with E-state index in [1.54, 1.807) is 31.3 Å². The molecular weight excluding hydrogens is 219 g/mol. The van der Waals surface area contributed by atoms with Gasteiger partial charge in [0.15, 0.2) is 0 Å². The summed E-state index contributed by atoms with van der Waals surface area (Å²) < 4.78 is 18.6. The highest BCUT2D eigenvalue weighted by molar-refractivity contribution is 5.32. The number of ether oxygens (including phenoxy) is 1. The molecule has 0 bridgehead atoms. The largest absolute Gasteiger partial charge is 0.489 e. The van der Waals surface area contributed by atoms with Crippen LogP contribution in [0.4, 0.5) is 10.2 Å². The monoisotopic (exact) mass is 232 g/mol. The van der Waals surface area contributed by atoms with Crippen LogP contribution in [0.5, 0.6) is 5.75 Å². The molecule has 0 aliphatic rings. The lowest BCUT2D eigenvalue weighted by Crippen LogP contribution is -1.98. The Balaban J connectivity index is 2.05. The Morgan fingerprint density at radius 1 is 1.29 bits per heavy atom. The van der Waals surface area contributed by atoms with Gasteiger partial charge in [-0.1, -0.05) is 0 Å². The lowest BCUT2D eigenvalue weighted by atomic mass is 10.2. The SMILES string of the molecule is Cc1cc(OCc2ccnc(N)c2)ccc1F. The van der Waals surface area contributed by atoms with E-state index in [0.29, 0.717) is 23.7 Å². The van der Waals surface area contributed by atoms with Gasteiger partial charge in [0.05, 0.1) is 0 Å². The topological polar surface area (TPSA) is 48.1 Å². The van der Waals surface area contributed by atoms with Crippen molar-refractivity contribution in [2.45, 2.75) is 13.5 Å². The third-order valence-electron chi connectivity index (χ3n) is 2.38. The van der Waals surface area contributed by atoms with Crippen LogP contribution in [0.1, 0.15) is 11.1 Å². The van der Waals surface area contributed by atoms with Crippen molar-refractivity contribution in [3.63, 3.8) is 0 Å². The molecule has 0 aliphatic heterocycles. The molecule has 17 heavy (non-hydrogen) atoms. The van der Waals surface area contributed by atoms with Crippen molar-refractivity contribution in [3.05, 3.63) is 53.5 Å². The molecule has 3 nitrogen and oxygen atoms in total. The zero-order valence-corrected chi connectivity index (χ0v) is 9.48. The highest BCUT2D eigenvalue weighted by atomic mass is 19.1. The zero-order valence-electron chi connectivity index (χ0n) is 9.48. The predicted octanol–water partition coefficient (Wildman–Crippen LogP) is 2.69. The van der Waals surface area contributed by atoms with Crippen molar-refractivity contribution in [2.24, 2.45) is 0 Å². The number of aromatic nitrogens is 1.